The van der Waals surface area contributed by atoms with Crippen LogP contribution in [-0.4, -0.2) is 31.6 Å². The molecule has 0 aromatic heterocycles. The molecular weight excluding hydrogens is 292 g/mol. The van der Waals surface area contributed by atoms with Crippen LogP contribution in [0.15, 0.2) is 28.7 Å². The van der Waals surface area contributed by atoms with Gasteiger partial charge in [-0.25, -0.2) is 8.42 Å². The largest absolute Gasteiger partial charge is 0.393 e. The van der Waals surface area contributed by atoms with Gasteiger partial charge in [-0.1, -0.05) is 34.1 Å². The van der Waals surface area contributed by atoms with Gasteiger partial charge in [-0.05, 0) is 24.5 Å². The van der Waals surface area contributed by atoms with Crippen LogP contribution in [0.2, 0.25) is 0 Å². The van der Waals surface area contributed by atoms with Crippen LogP contribution >= 0.6 is 15.9 Å². The van der Waals surface area contributed by atoms with Crippen LogP contribution < -0.4 is 0 Å². The van der Waals surface area contributed by atoms with Crippen molar-refractivity contribution in [1.82, 2.24) is 0 Å². The van der Waals surface area contributed by atoms with Gasteiger partial charge in [0.2, 0.25) is 0 Å². The van der Waals surface area contributed by atoms with Crippen molar-refractivity contribution in [3.8, 4) is 0 Å². The van der Waals surface area contributed by atoms with Crippen LogP contribution in [0, 0.1) is 0 Å². The number of aliphatic hydroxyl groups is 1. The number of halogens is 1. The lowest BCUT2D eigenvalue weighted by molar-refractivity contribution is 0.171. The van der Waals surface area contributed by atoms with E-state index in [0.717, 1.165) is 10.0 Å². The molecule has 1 N–H and O–H groups in total. The van der Waals surface area contributed by atoms with Gasteiger partial charge < -0.3 is 5.11 Å². The Hall–Kier alpha value is -0.390. The molecule has 0 fully saturated rings. The molecule has 5 heteroatoms. The number of sulfone groups is 1. The summed E-state index contributed by atoms with van der Waals surface area (Å²) in [6, 6.07) is 7.60. The van der Waals surface area contributed by atoms with Crippen molar-refractivity contribution in [2.24, 2.45) is 0 Å². The van der Waals surface area contributed by atoms with Gasteiger partial charge in [0.25, 0.3) is 0 Å². The van der Waals surface area contributed by atoms with Gasteiger partial charge in [-0.3, -0.25) is 0 Å². The van der Waals surface area contributed by atoms with Crippen molar-refractivity contribution >= 4 is 25.8 Å². The van der Waals surface area contributed by atoms with E-state index in [-0.39, 0.29) is 12.2 Å². The Morgan fingerprint density at radius 3 is 2.56 bits per heavy atom. The van der Waals surface area contributed by atoms with Gasteiger partial charge in [0, 0.05) is 10.7 Å². The Morgan fingerprint density at radius 2 is 2.00 bits per heavy atom. The Labute approximate surface area is 105 Å². The maximum Gasteiger partial charge on any atom is 0.147 e. The molecule has 0 saturated carbocycles. The van der Waals surface area contributed by atoms with Gasteiger partial charge in [0.15, 0.2) is 0 Å². The highest BCUT2D eigenvalue weighted by Crippen LogP contribution is 2.18. The molecule has 0 aliphatic heterocycles. The number of hydrogen-bond acceptors (Lipinski definition) is 3. The molecule has 16 heavy (non-hydrogen) atoms. The standard InChI is InChI=1S/C11H15BrO3S/c1-16(14,15)7-6-10(13)8-9-4-2-3-5-11(9)12/h2-5,10,13H,6-8H2,1H3. The van der Waals surface area contributed by atoms with E-state index in [9.17, 15) is 13.5 Å². The summed E-state index contributed by atoms with van der Waals surface area (Å²) in [5, 5.41) is 9.71. The summed E-state index contributed by atoms with van der Waals surface area (Å²) in [4.78, 5) is 0. The van der Waals surface area contributed by atoms with Gasteiger partial charge >= 0.3 is 0 Å². The van der Waals surface area contributed by atoms with E-state index in [1.54, 1.807) is 0 Å². The van der Waals surface area contributed by atoms with E-state index in [0.29, 0.717) is 6.42 Å². The topological polar surface area (TPSA) is 54.4 Å². The highest BCUT2D eigenvalue weighted by molar-refractivity contribution is 9.10. The first-order valence-electron chi connectivity index (χ1n) is 4.97. The lowest BCUT2D eigenvalue weighted by Crippen LogP contribution is -2.16. The van der Waals surface area contributed by atoms with Gasteiger partial charge in [0.1, 0.15) is 9.84 Å². The zero-order valence-electron chi connectivity index (χ0n) is 9.06. The molecule has 1 aromatic carbocycles. The first-order valence-corrected chi connectivity index (χ1v) is 7.83. The predicted molar refractivity (Wildman–Crippen MR) is 68.2 cm³/mol. The summed E-state index contributed by atoms with van der Waals surface area (Å²) >= 11 is 3.39. The molecule has 1 atom stereocenters. The zero-order valence-corrected chi connectivity index (χ0v) is 11.5. The molecular formula is C11H15BrO3S. The number of aliphatic hydroxyl groups excluding tert-OH is 1. The van der Waals surface area contributed by atoms with Crippen LogP contribution in [0.25, 0.3) is 0 Å². The molecule has 0 aliphatic carbocycles. The average Bonchev–Trinajstić information content (AvgIpc) is 2.18. The molecule has 0 spiro atoms. The monoisotopic (exact) mass is 306 g/mol. The summed E-state index contributed by atoms with van der Waals surface area (Å²) < 4.78 is 22.8. The third-order valence-electron chi connectivity index (χ3n) is 2.24. The SMILES string of the molecule is CS(=O)(=O)CCC(O)Cc1ccccc1Br. The number of rotatable bonds is 5. The molecule has 90 valence electrons. The Morgan fingerprint density at radius 1 is 1.38 bits per heavy atom. The first kappa shape index (κ1) is 13.7. The van der Waals surface area contributed by atoms with Crippen molar-refractivity contribution < 1.29 is 13.5 Å². The van der Waals surface area contributed by atoms with Gasteiger partial charge in [0.05, 0.1) is 11.9 Å². The molecule has 0 bridgehead atoms. The molecule has 0 aliphatic rings. The molecule has 0 amide bonds. The molecule has 0 radical (unpaired) electrons. The van der Waals surface area contributed by atoms with E-state index in [1.165, 1.54) is 6.26 Å². The van der Waals surface area contributed by atoms with Crippen molar-refractivity contribution in [3.63, 3.8) is 0 Å². The van der Waals surface area contributed by atoms with Crippen molar-refractivity contribution in [1.29, 1.82) is 0 Å². The lowest BCUT2D eigenvalue weighted by Gasteiger charge is -2.11. The minimum Gasteiger partial charge on any atom is -0.393 e. The second-order valence-electron chi connectivity index (χ2n) is 3.87. The predicted octanol–water partition coefficient (Wildman–Crippen LogP) is 1.79. The summed E-state index contributed by atoms with van der Waals surface area (Å²) in [6.07, 6.45) is 1.31. The normalized spacial score (nSPS) is 13.7. The fourth-order valence-corrected chi connectivity index (χ4v) is 2.52. The van der Waals surface area contributed by atoms with Crippen LogP contribution in [0.4, 0.5) is 0 Å². The first-order chi connectivity index (χ1) is 7.38. The minimum absolute atomic E-state index is 0.0264. The highest BCUT2D eigenvalue weighted by atomic mass is 79.9. The Balaban J connectivity index is 2.52. The van der Waals surface area contributed by atoms with Gasteiger partial charge in [-0.15, -0.1) is 0 Å². The van der Waals surface area contributed by atoms with E-state index in [1.807, 2.05) is 24.3 Å². The Bertz CT molecular complexity index is 442. The molecule has 3 nitrogen and oxygen atoms in total. The van der Waals surface area contributed by atoms with E-state index in [2.05, 4.69) is 15.9 Å². The number of benzene rings is 1. The maximum absolute atomic E-state index is 10.9. The van der Waals surface area contributed by atoms with Crippen LogP contribution in [0.5, 0.6) is 0 Å². The third kappa shape index (κ3) is 5.09. The fourth-order valence-electron chi connectivity index (χ4n) is 1.37. The van der Waals surface area contributed by atoms with Crippen molar-refractivity contribution in [2.75, 3.05) is 12.0 Å². The third-order valence-corrected chi connectivity index (χ3v) is 3.99. The molecule has 0 saturated heterocycles. The van der Waals surface area contributed by atoms with E-state index < -0.39 is 15.9 Å². The van der Waals surface area contributed by atoms with E-state index in [4.69, 9.17) is 0 Å². The van der Waals surface area contributed by atoms with Gasteiger partial charge in [-0.2, -0.15) is 0 Å². The average molecular weight is 307 g/mol. The smallest absolute Gasteiger partial charge is 0.147 e. The minimum atomic E-state index is -2.99. The van der Waals surface area contributed by atoms with E-state index >= 15 is 0 Å². The quantitative estimate of drug-likeness (QED) is 0.902. The summed E-state index contributed by atoms with van der Waals surface area (Å²) in [6.45, 7) is 0. The van der Waals surface area contributed by atoms with Crippen molar-refractivity contribution in [2.45, 2.75) is 18.9 Å². The number of hydrogen-bond donors (Lipinski definition) is 1. The second kappa shape index (κ2) is 5.80. The summed E-state index contributed by atoms with van der Waals surface area (Å²) in [7, 11) is -2.99. The second-order valence-corrected chi connectivity index (χ2v) is 6.98. The highest BCUT2D eigenvalue weighted by Gasteiger charge is 2.11. The lowest BCUT2D eigenvalue weighted by atomic mass is 10.1. The molecule has 1 rings (SSSR count). The fraction of sp³-hybridized carbons (Fsp3) is 0.455. The summed E-state index contributed by atoms with van der Waals surface area (Å²) in [5.41, 5.74) is 0.989. The summed E-state index contributed by atoms with van der Waals surface area (Å²) in [5.74, 6) is 0.0264. The van der Waals surface area contributed by atoms with Crippen LogP contribution in [-0.2, 0) is 16.3 Å². The van der Waals surface area contributed by atoms with Crippen molar-refractivity contribution in [3.05, 3.63) is 34.3 Å². The maximum atomic E-state index is 10.9. The zero-order chi connectivity index (χ0) is 12.2. The molecule has 1 aromatic rings. The molecule has 0 heterocycles. The molecule has 1 unspecified atom stereocenters. The van der Waals surface area contributed by atoms with Crippen LogP contribution in [0.1, 0.15) is 12.0 Å². The Kier molecular flexibility index (Phi) is 4.95. The van der Waals surface area contributed by atoms with Crippen LogP contribution in [0.3, 0.4) is 0 Å².